The molecule has 0 radical (unpaired) electrons. The van der Waals surface area contributed by atoms with Crippen LogP contribution in [0, 0.1) is 13.8 Å². The fraction of sp³-hybridized carbons (Fsp3) is 0.500. The lowest BCUT2D eigenvalue weighted by Gasteiger charge is -2.09. The Morgan fingerprint density at radius 1 is 1.35 bits per heavy atom. The van der Waals surface area contributed by atoms with Crippen molar-refractivity contribution in [3.05, 3.63) is 34.9 Å². The molecular weight excluding hydrogens is 216 g/mol. The maximum absolute atomic E-state index is 11.6. The van der Waals surface area contributed by atoms with Crippen molar-refractivity contribution in [2.75, 3.05) is 6.61 Å². The molecule has 2 unspecified atom stereocenters. The smallest absolute Gasteiger partial charge is 0.338 e. The van der Waals surface area contributed by atoms with Crippen molar-refractivity contribution in [1.82, 2.24) is 0 Å². The van der Waals surface area contributed by atoms with Gasteiger partial charge in [0.1, 0.15) is 5.60 Å². The van der Waals surface area contributed by atoms with Gasteiger partial charge in [0.15, 0.2) is 6.10 Å². The number of aryl methyl sites for hydroxylation is 2. The van der Waals surface area contributed by atoms with E-state index < -0.39 is 11.7 Å². The number of esters is 1. The third-order valence-electron chi connectivity index (χ3n) is 3.10. The predicted octanol–water partition coefficient (Wildman–Crippen LogP) is 2.48. The molecule has 0 amide bonds. The Balaban J connectivity index is 2.21. The molecular formula is C14H18O3. The standard InChI is InChI=1S/C14H18O3/c1-5-16-13(15)12-14(4,17-12)11-7-9(2)6-10(3)8-11/h6-8,12H,5H2,1-4H3. The Morgan fingerprint density at radius 2 is 1.94 bits per heavy atom. The molecule has 2 rings (SSSR count). The number of hydrogen-bond acceptors (Lipinski definition) is 3. The predicted molar refractivity (Wildman–Crippen MR) is 64.8 cm³/mol. The van der Waals surface area contributed by atoms with E-state index in [1.165, 1.54) is 11.1 Å². The summed E-state index contributed by atoms with van der Waals surface area (Å²) in [4.78, 5) is 11.6. The molecule has 1 fully saturated rings. The summed E-state index contributed by atoms with van der Waals surface area (Å²) < 4.78 is 10.5. The van der Waals surface area contributed by atoms with Crippen LogP contribution in [0.5, 0.6) is 0 Å². The van der Waals surface area contributed by atoms with E-state index >= 15 is 0 Å². The maximum atomic E-state index is 11.6. The zero-order valence-corrected chi connectivity index (χ0v) is 10.7. The van der Waals surface area contributed by atoms with Gasteiger partial charge in [0.25, 0.3) is 0 Å². The van der Waals surface area contributed by atoms with Crippen molar-refractivity contribution < 1.29 is 14.3 Å². The van der Waals surface area contributed by atoms with Gasteiger partial charge in [0, 0.05) is 0 Å². The normalized spacial score (nSPS) is 26.7. The Kier molecular flexibility index (Phi) is 2.96. The molecule has 1 saturated heterocycles. The second-order valence-corrected chi connectivity index (χ2v) is 4.73. The first-order chi connectivity index (χ1) is 7.97. The van der Waals surface area contributed by atoms with Crippen molar-refractivity contribution >= 4 is 5.97 Å². The molecule has 2 atom stereocenters. The molecule has 3 heteroatoms. The summed E-state index contributed by atoms with van der Waals surface area (Å²) >= 11 is 0. The zero-order chi connectivity index (χ0) is 12.6. The summed E-state index contributed by atoms with van der Waals surface area (Å²) in [6.45, 7) is 8.21. The first-order valence-corrected chi connectivity index (χ1v) is 5.90. The molecule has 0 aromatic heterocycles. The second kappa shape index (κ2) is 4.15. The lowest BCUT2D eigenvalue weighted by molar-refractivity contribution is -0.144. The number of ether oxygens (including phenoxy) is 2. The van der Waals surface area contributed by atoms with Gasteiger partial charge in [-0.15, -0.1) is 0 Å². The third-order valence-corrected chi connectivity index (χ3v) is 3.10. The van der Waals surface area contributed by atoms with E-state index in [1.807, 2.05) is 20.8 Å². The van der Waals surface area contributed by atoms with E-state index in [2.05, 4.69) is 18.2 Å². The van der Waals surface area contributed by atoms with Crippen LogP contribution in [0.4, 0.5) is 0 Å². The molecule has 0 aliphatic carbocycles. The molecule has 1 aliphatic heterocycles. The van der Waals surface area contributed by atoms with Crippen LogP contribution in [-0.2, 0) is 19.9 Å². The molecule has 92 valence electrons. The van der Waals surface area contributed by atoms with Crippen molar-refractivity contribution in [3.63, 3.8) is 0 Å². The van der Waals surface area contributed by atoms with Crippen LogP contribution < -0.4 is 0 Å². The number of rotatable bonds is 3. The minimum atomic E-state index is -0.511. The van der Waals surface area contributed by atoms with E-state index in [-0.39, 0.29) is 5.97 Å². The number of epoxide rings is 1. The Morgan fingerprint density at radius 3 is 2.47 bits per heavy atom. The highest BCUT2D eigenvalue weighted by Gasteiger charge is 2.59. The quantitative estimate of drug-likeness (QED) is 0.595. The molecule has 0 N–H and O–H groups in total. The van der Waals surface area contributed by atoms with Crippen LogP contribution in [0.3, 0.4) is 0 Å². The zero-order valence-electron chi connectivity index (χ0n) is 10.7. The van der Waals surface area contributed by atoms with Crippen LogP contribution in [0.25, 0.3) is 0 Å². The van der Waals surface area contributed by atoms with E-state index in [1.54, 1.807) is 6.92 Å². The van der Waals surface area contributed by atoms with Crippen LogP contribution in [-0.4, -0.2) is 18.7 Å². The first-order valence-electron chi connectivity index (χ1n) is 5.90. The topological polar surface area (TPSA) is 38.8 Å². The van der Waals surface area contributed by atoms with Crippen LogP contribution in [0.1, 0.15) is 30.5 Å². The summed E-state index contributed by atoms with van der Waals surface area (Å²) in [5.74, 6) is -0.269. The number of carbonyl (C=O) groups excluding carboxylic acids is 1. The Bertz CT molecular complexity index is 433. The lowest BCUT2D eigenvalue weighted by Crippen LogP contribution is -2.19. The first kappa shape index (κ1) is 12.1. The molecule has 0 saturated carbocycles. The van der Waals surface area contributed by atoms with E-state index in [4.69, 9.17) is 9.47 Å². The largest absolute Gasteiger partial charge is 0.464 e. The second-order valence-electron chi connectivity index (χ2n) is 4.73. The highest BCUT2D eigenvalue weighted by atomic mass is 16.7. The van der Waals surface area contributed by atoms with Gasteiger partial charge < -0.3 is 9.47 Å². The molecule has 0 bridgehead atoms. The van der Waals surface area contributed by atoms with Crippen LogP contribution >= 0.6 is 0 Å². The van der Waals surface area contributed by atoms with Gasteiger partial charge in [0.05, 0.1) is 6.61 Å². The van der Waals surface area contributed by atoms with E-state index in [9.17, 15) is 4.79 Å². The van der Waals surface area contributed by atoms with Crippen molar-refractivity contribution in [1.29, 1.82) is 0 Å². The van der Waals surface area contributed by atoms with Gasteiger partial charge >= 0.3 is 5.97 Å². The Labute approximate surface area is 102 Å². The van der Waals surface area contributed by atoms with Gasteiger partial charge in [-0.2, -0.15) is 0 Å². The molecule has 1 aromatic rings. The molecule has 17 heavy (non-hydrogen) atoms. The van der Waals surface area contributed by atoms with Crippen molar-refractivity contribution in [3.8, 4) is 0 Å². The molecule has 3 nitrogen and oxygen atoms in total. The monoisotopic (exact) mass is 234 g/mol. The highest BCUT2D eigenvalue weighted by molar-refractivity contribution is 5.79. The summed E-state index contributed by atoms with van der Waals surface area (Å²) in [6, 6.07) is 6.23. The molecule has 1 aliphatic rings. The highest BCUT2D eigenvalue weighted by Crippen LogP contribution is 2.46. The number of carbonyl (C=O) groups is 1. The van der Waals surface area contributed by atoms with Gasteiger partial charge in [-0.1, -0.05) is 29.3 Å². The van der Waals surface area contributed by atoms with Crippen LogP contribution in [0.15, 0.2) is 18.2 Å². The van der Waals surface area contributed by atoms with Gasteiger partial charge in [0.2, 0.25) is 0 Å². The summed E-state index contributed by atoms with van der Waals surface area (Å²) in [5.41, 5.74) is 2.90. The Hall–Kier alpha value is -1.35. The fourth-order valence-electron chi connectivity index (χ4n) is 2.18. The SMILES string of the molecule is CCOC(=O)C1OC1(C)c1cc(C)cc(C)c1. The van der Waals surface area contributed by atoms with Crippen LogP contribution in [0.2, 0.25) is 0 Å². The maximum Gasteiger partial charge on any atom is 0.338 e. The number of benzene rings is 1. The average molecular weight is 234 g/mol. The van der Waals surface area contributed by atoms with Gasteiger partial charge in [-0.3, -0.25) is 0 Å². The van der Waals surface area contributed by atoms with E-state index in [0.29, 0.717) is 6.61 Å². The molecule has 1 heterocycles. The number of hydrogen-bond donors (Lipinski definition) is 0. The van der Waals surface area contributed by atoms with Crippen molar-refractivity contribution in [2.45, 2.75) is 39.4 Å². The minimum Gasteiger partial charge on any atom is -0.464 e. The summed E-state index contributed by atoms with van der Waals surface area (Å²) in [6.07, 6.45) is -0.455. The van der Waals surface area contributed by atoms with Crippen molar-refractivity contribution in [2.24, 2.45) is 0 Å². The molecule has 0 spiro atoms. The summed E-state index contributed by atoms with van der Waals surface area (Å²) in [7, 11) is 0. The van der Waals surface area contributed by atoms with Gasteiger partial charge in [-0.25, -0.2) is 4.79 Å². The van der Waals surface area contributed by atoms with Gasteiger partial charge in [-0.05, 0) is 33.3 Å². The lowest BCUT2D eigenvalue weighted by atomic mass is 9.94. The third kappa shape index (κ3) is 2.20. The molecule has 1 aromatic carbocycles. The fourth-order valence-corrected chi connectivity index (χ4v) is 2.18. The minimum absolute atomic E-state index is 0.269. The van der Waals surface area contributed by atoms with E-state index in [0.717, 1.165) is 5.56 Å². The average Bonchev–Trinajstić information content (AvgIpc) is 2.91. The summed E-state index contributed by atoms with van der Waals surface area (Å²) in [5, 5.41) is 0.